The van der Waals surface area contributed by atoms with Gasteiger partial charge in [0.25, 0.3) is 5.91 Å². The van der Waals surface area contributed by atoms with Gasteiger partial charge in [0.2, 0.25) is 12.7 Å². The zero-order chi connectivity index (χ0) is 18.9. The van der Waals surface area contributed by atoms with Crippen molar-refractivity contribution in [2.24, 2.45) is 0 Å². The normalized spacial score (nSPS) is 18.7. The van der Waals surface area contributed by atoms with Crippen molar-refractivity contribution in [3.63, 3.8) is 0 Å². The van der Waals surface area contributed by atoms with E-state index >= 15 is 0 Å². The molecule has 26 heavy (non-hydrogen) atoms. The summed E-state index contributed by atoms with van der Waals surface area (Å²) < 4.78 is 10.6. The van der Waals surface area contributed by atoms with Crippen molar-refractivity contribution in [1.29, 1.82) is 0 Å². The molecule has 2 aliphatic rings. The van der Waals surface area contributed by atoms with E-state index in [9.17, 15) is 14.4 Å². The van der Waals surface area contributed by atoms with Gasteiger partial charge in [-0.1, -0.05) is 19.9 Å². The van der Waals surface area contributed by atoms with E-state index in [1.807, 2.05) is 26.8 Å². The van der Waals surface area contributed by atoms with Crippen molar-refractivity contribution in [3.05, 3.63) is 23.8 Å². The Morgan fingerprint density at radius 1 is 1.27 bits per heavy atom. The van der Waals surface area contributed by atoms with E-state index in [-0.39, 0.29) is 25.3 Å². The Balaban J connectivity index is 1.63. The zero-order valence-corrected chi connectivity index (χ0v) is 15.1. The van der Waals surface area contributed by atoms with Crippen molar-refractivity contribution >= 4 is 17.8 Å². The number of benzene rings is 1. The second-order valence-corrected chi connectivity index (χ2v) is 6.51. The number of ether oxygens (including phenoxy) is 2. The standard InChI is InChI=1S/C18H23N3O5/c1-4-18(5-2)16(23)21(17(24)20-18)9-15(22)19-11(3)12-6-7-13-14(8-12)26-10-25-13/h6-8,11H,4-5,9-10H2,1-3H3,(H,19,22)(H,20,24)/t11-/m0/s1. The summed E-state index contributed by atoms with van der Waals surface area (Å²) in [5.74, 6) is 0.551. The van der Waals surface area contributed by atoms with Crippen LogP contribution in [0.25, 0.3) is 0 Å². The van der Waals surface area contributed by atoms with Gasteiger partial charge in [-0.3, -0.25) is 14.5 Å². The number of rotatable bonds is 6. The predicted molar refractivity (Wildman–Crippen MR) is 92.7 cm³/mol. The number of imide groups is 1. The van der Waals surface area contributed by atoms with Crippen LogP contribution in [0.15, 0.2) is 18.2 Å². The SMILES string of the molecule is CCC1(CC)NC(=O)N(CC(=O)N[C@@H](C)c2ccc3c(c2)OCO3)C1=O. The van der Waals surface area contributed by atoms with E-state index < -0.39 is 17.5 Å². The average Bonchev–Trinajstić information content (AvgIpc) is 3.19. The molecule has 3 rings (SSSR count). The summed E-state index contributed by atoms with van der Waals surface area (Å²) >= 11 is 0. The third-order valence-corrected chi connectivity index (χ3v) is 5.03. The lowest BCUT2D eigenvalue weighted by atomic mass is 9.93. The van der Waals surface area contributed by atoms with Crippen LogP contribution < -0.4 is 20.1 Å². The highest BCUT2D eigenvalue weighted by molar-refractivity contribution is 6.09. The van der Waals surface area contributed by atoms with Crippen molar-refractivity contribution < 1.29 is 23.9 Å². The second-order valence-electron chi connectivity index (χ2n) is 6.51. The lowest BCUT2D eigenvalue weighted by Crippen LogP contribution is -2.46. The van der Waals surface area contributed by atoms with Gasteiger partial charge in [-0.25, -0.2) is 4.79 Å². The molecule has 0 aromatic heterocycles. The van der Waals surface area contributed by atoms with Gasteiger partial charge < -0.3 is 20.1 Å². The van der Waals surface area contributed by atoms with Crippen molar-refractivity contribution in [2.45, 2.75) is 45.2 Å². The van der Waals surface area contributed by atoms with Gasteiger partial charge in [-0.2, -0.15) is 0 Å². The number of nitrogens with one attached hydrogen (secondary N) is 2. The highest BCUT2D eigenvalue weighted by Gasteiger charge is 2.49. The van der Waals surface area contributed by atoms with Crippen LogP contribution in [0.1, 0.15) is 45.2 Å². The molecule has 0 aliphatic carbocycles. The maximum Gasteiger partial charge on any atom is 0.325 e. The van der Waals surface area contributed by atoms with Gasteiger partial charge in [0.05, 0.1) is 6.04 Å². The van der Waals surface area contributed by atoms with E-state index in [0.717, 1.165) is 10.5 Å². The summed E-state index contributed by atoms with van der Waals surface area (Å²) in [4.78, 5) is 38.0. The quantitative estimate of drug-likeness (QED) is 0.752. The van der Waals surface area contributed by atoms with Crippen LogP contribution in [0.5, 0.6) is 11.5 Å². The van der Waals surface area contributed by atoms with Crippen LogP contribution in [0, 0.1) is 0 Å². The maximum absolute atomic E-state index is 12.6. The fourth-order valence-corrected chi connectivity index (χ4v) is 3.25. The van der Waals surface area contributed by atoms with E-state index in [2.05, 4.69) is 10.6 Å². The molecule has 8 heteroatoms. The molecule has 140 valence electrons. The van der Waals surface area contributed by atoms with Crippen LogP contribution in [-0.4, -0.2) is 41.6 Å². The summed E-state index contributed by atoms with van der Waals surface area (Å²) in [5, 5.41) is 5.52. The van der Waals surface area contributed by atoms with Crippen molar-refractivity contribution in [2.75, 3.05) is 13.3 Å². The first kappa shape index (κ1) is 18.0. The number of urea groups is 1. The van der Waals surface area contributed by atoms with Crippen LogP contribution >= 0.6 is 0 Å². The molecule has 1 aromatic rings. The molecule has 0 bridgehead atoms. The molecule has 1 saturated heterocycles. The Bertz CT molecular complexity index is 744. The smallest absolute Gasteiger partial charge is 0.325 e. The Kier molecular flexibility index (Phi) is 4.76. The molecular formula is C18H23N3O5. The average molecular weight is 361 g/mol. The Hall–Kier alpha value is -2.77. The minimum atomic E-state index is -0.902. The highest BCUT2D eigenvalue weighted by Crippen LogP contribution is 2.34. The Morgan fingerprint density at radius 3 is 2.62 bits per heavy atom. The van der Waals surface area contributed by atoms with Crippen LogP contribution in [0.3, 0.4) is 0 Å². The van der Waals surface area contributed by atoms with E-state index in [0.29, 0.717) is 24.3 Å². The summed E-state index contributed by atoms with van der Waals surface area (Å²) in [7, 11) is 0. The molecule has 8 nitrogen and oxygen atoms in total. The number of fused-ring (bicyclic) bond motifs is 1. The third kappa shape index (κ3) is 3.07. The molecule has 2 heterocycles. The summed E-state index contributed by atoms with van der Waals surface area (Å²) in [6.07, 6.45) is 0.972. The first-order valence-electron chi connectivity index (χ1n) is 8.73. The molecule has 2 aliphatic heterocycles. The lowest BCUT2D eigenvalue weighted by Gasteiger charge is -2.23. The summed E-state index contributed by atoms with van der Waals surface area (Å²) in [6, 6.07) is 4.60. The molecule has 0 radical (unpaired) electrons. The minimum absolute atomic E-state index is 0.183. The van der Waals surface area contributed by atoms with Gasteiger partial charge >= 0.3 is 6.03 Å². The van der Waals surface area contributed by atoms with Crippen LogP contribution in [0.4, 0.5) is 4.79 Å². The summed E-state index contributed by atoms with van der Waals surface area (Å²) in [5.41, 5.74) is -0.0587. The van der Waals surface area contributed by atoms with Crippen molar-refractivity contribution in [1.82, 2.24) is 15.5 Å². The molecular weight excluding hydrogens is 338 g/mol. The lowest BCUT2D eigenvalue weighted by molar-refractivity contribution is -0.135. The number of nitrogens with zero attached hydrogens (tertiary/aromatic N) is 1. The molecule has 1 atom stereocenters. The Morgan fingerprint density at radius 2 is 1.96 bits per heavy atom. The van der Waals surface area contributed by atoms with Gasteiger partial charge in [-0.05, 0) is 37.5 Å². The third-order valence-electron chi connectivity index (χ3n) is 5.03. The number of carbonyl (C=O) groups excluding carboxylic acids is 3. The second kappa shape index (κ2) is 6.86. The molecule has 0 unspecified atom stereocenters. The molecule has 0 spiro atoms. The first-order chi connectivity index (χ1) is 12.4. The monoisotopic (exact) mass is 361 g/mol. The van der Waals surface area contributed by atoms with Crippen LogP contribution in [0.2, 0.25) is 0 Å². The van der Waals surface area contributed by atoms with Gasteiger partial charge in [-0.15, -0.1) is 0 Å². The number of hydrogen-bond donors (Lipinski definition) is 2. The molecule has 1 fully saturated rings. The Labute approximate surface area is 151 Å². The van der Waals surface area contributed by atoms with Gasteiger partial charge in [0.15, 0.2) is 11.5 Å². The fraction of sp³-hybridized carbons (Fsp3) is 0.500. The van der Waals surface area contributed by atoms with E-state index in [1.165, 1.54) is 0 Å². The minimum Gasteiger partial charge on any atom is -0.454 e. The largest absolute Gasteiger partial charge is 0.454 e. The van der Waals surface area contributed by atoms with E-state index in [1.54, 1.807) is 12.1 Å². The highest BCUT2D eigenvalue weighted by atomic mass is 16.7. The first-order valence-corrected chi connectivity index (χ1v) is 8.73. The number of amides is 4. The topological polar surface area (TPSA) is 97.0 Å². The van der Waals surface area contributed by atoms with E-state index in [4.69, 9.17) is 9.47 Å². The number of hydrogen-bond acceptors (Lipinski definition) is 5. The van der Waals surface area contributed by atoms with Crippen molar-refractivity contribution in [3.8, 4) is 11.5 Å². The predicted octanol–water partition coefficient (Wildman–Crippen LogP) is 1.70. The van der Waals surface area contributed by atoms with Gasteiger partial charge in [0, 0.05) is 0 Å². The molecule has 2 N–H and O–H groups in total. The number of carbonyl (C=O) groups is 3. The zero-order valence-electron chi connectivity index (χ0n) is 15.1. The van der Waals surface area contributed by atoms with Crippen LogP contribution in [-0.2, 0) is 9.59 Å². The summed E-state index contributed by atoms with van der Waals surface area (Å²) in [6.45, 7) is 5.38. The fourth-order valence-electron chi connectivity index (χ4n) is 3.25. The molecule has 4 amide bonds. The maximum atomic E-state index is 12.6. The van der Waals surface area contributed by atoms with Gasteiger partial charge in [0.1, 0.15) is 12.1 Å². The molecule has 0 saturated carbocycles. The molecule has 1 aromatic carbocycles.